The molecule has 0 bridgehead atoms. The van der Waals surface area contributed by atoms with Crippen LogP contribution in [0.25, 0.3) is 0 Å². The number of amides is 1. The van der Waals surface area contributed by atoms with E-state index in [4.69, 9.17) is 0 Å². The van der Waals surface area contributed by atoms with E-state index in [9.17, 15) is 4.79 Å². The molecule has 3 aliphatic carbocycles. The Labute approximate surface area is 211 Å². The molecule has 0 aromatic carbocycles. The zero-order valence-electron chi connectivity index (χ0n) is 23.4. The topological polar surface area (TPSA) is 23.6 Å². The Morgan fingerprint density at radius 1 is 0.794 bits per heavy atom. The number of likely N-dealkylation sites (tertiary alicyclic amines) is 1. The molecule has 3 nitrogen and oxygen atoms in total. The van der Waals surface area contributed by atoms with Gasteiger partial charge in [0.25, 0.3) is 0 Å². The summed E-state index contributed by atoms with van der Waals surface area (Å²) in [5, 5.41) is 0. The van der Waals surface area contributed by atoms with E-state index in [2.05, 4.69) is 44.5 Å². The van der Waals surface area contributed by atoms with Crippen molar-refractivity contribution < 1.29 is 4.79 Å². The summed E-state index contributed by atoms with van der Waals surface area (Å²) in [6.07, 6.45) is 21.3. The van der Waals surface area contributed by atoms with Gasteiger partial charge in [-0.15, -0.1) is 0 Å². The first-order valence-corrected chi connectivity index (χ1v) is 15.4. The van der Waals surface area contributed by atoms with E-state index in [-0.39, 0.29) is 0 Å². The van der Waals surface area contributed by atoms with Crippen molar-refractivity contribution in [1.29, 1.82) is 0 Å². The predicted molar refractivity (Wildman–Crippen MR) is 144 cm³/mol. The summed E-state index contributed by atoms with van der Waals surface area (Å²) in [5.74, 6) is 3.03. The van der Waals surface area contributed by atoms with E-state index >= 15 is 0 Å². The van der Waals surface area contributed by atoms with Gasteiger partial charge in [-0.1, -0.05) is 66.2 Å². The van der Waals surface area contributed by atoms with E-state index in [1.807, 2.05) is 0 Å². The monoisotopic (exact) mass is 472 g/mol. The standard InChI is InChI=1S/C31H56N2O/c1-6-8-10-11-13-23-33(22-12-9-7-2)28-17-15-25-24-14-16-27-30(3,21-19-29(34)32(27)5)26(24)18-20-31(25,28)4/h24-28H,6-23H2,1-5H3/t24-,25-,26-,27+,28-,30+,31-/m0/s1. The summed E-state index contributed by atoms with van der Waals surface area (Å²) in [6.45, 7) is 12.6. The van der Waals surface area contributed by atoms with Crippen LogP contribution in [0.2, 0.25) is 0 Å². The van der Waals surface area contributed by atoms with Gasteiger partial charge in [0.1, 0.15) is 0 Å². The van der Waals surface area contributed by atoms with Crippen LogP contribution in [0.4, 0.5) is 0 Å². The zero-order valence-corrected chi connectivity index (χ0v) is 23.4. The Balaban J connectivity index is 1.46. The van der Waals surface area contributed by atoms with Crippen LogP contribution in [-0.4, -0.2) is 47.9 Å². The Hall–Kier alpha value is -0.570. The summed E-state index contributed by atoms with van der Waals surface area (Å²) in [6, 6.07) is 1.30. The highest BCUT2D eigenvalue weighted by Gasteiger charge is 2.61. The lowest BCUT2D eigenvalue weighted by atomic mass is 9.47. The SMILES string of the molecule is CCCCCCCN(CCCCC)[C@H]1CC[C@H]2[C@@H]3CC[C@H]4N(C)C(=O)CC[C@]4(C)[C@H]3CC[C@]12C. The van der Waals surface area contributed by atoms with E-state index in [1.165, 1.54) is 103 Å². The predicted octanol–water partition coefficient (Wildman–Crippen LogP) is 7.68. The molecule has 0 unspecified atom stereocenters. The van der Waals surface area contributed by atoms with Gasteiger partial charge in [-0.25, -0.2) is 0 Å². The zero-order chi connectivity index (χ0) is 24.3. The van der Waals surface area contributed by atoms with Crippen LogP contribution in [0.5, 0.6) is 0 Å². The van der Waals surface area contributed by atoms with E-state index in [1.54, 1.807) is 0 Å². The van der Waals surface area contributed by atoms with Crippen molar-refractivity contribution in [2.75, 3.05) is 20.1 Å². The van der Waals surface area contributed by atoms with Gasteiger partial charge in [-0.3, -0.25) is 9.69 Å². The number of hydrogen-bond donors (Lipinski definition) is 0. The summed E-state index contributed by atoms with van der Waals surface area (Å²) in [7, 11) is 2.10. The van der Waals surface area contributed by atoms with Crippen molar-refractivity contribution in [3.05, 3.63) is 0 Å². The van der Waals surface area contributed by atoms with Gasteiger partial charge in [0.2, 0.25) is 5.91 Å². The van der Waals surface area contributed by atoms with Crippen LogP contribution >= 0.6 is 0 Å². The van der Waals surface area contributed by atoms with E-state index in [0.29, 0.717) is 22.8 Å². The quantitative estimate of drug-likeness (QED) is 0.288. The summed E-state index contributed by atoms with van der Waals surface area (Å²) < 4.78 is 0. The van der Waals surface area contributed by atoms with E-state index < -0.39 is 0 Å². The van der Waals surface area contributed by atoms with Gasteiger partial charge in [-0.2, -0.15) is 0 Å². The van der Waals surface area contributed by atoms with Gasteiger partial charge in [0.05, 0.1) is 0 Å². The smallest absolute Gasteiger partial charge is 0.222 e. The number of nitrogens with zero attached hydrogens (tertiary/aromatic N) is 2. The first-order chi connectivity index (χ1) is 16.4. The van der Waals surface area contributed by atoms with Gasteiger partial charge in [0, 0.05) is 25.6 Å². The molecule has 3 saturated carbocycles. The largest absolute Gasteiger partial charge is 0.342 e. The molecule has 0 N–H and O–H groups in total. The van der Waals surface area contributed by atoms with Crippen molar-refractivity contribution in [3.8, 4) is 0 Å². The number of rotatable bonds is 11. The molecule has 3 heteroatoms. The van der Waals surface area contributed by atoms with Crippen LogP contribution < -0.4 is 0 Å². The highest BCUT2D eigenvalue weighted by molar-refractivity contribution is 5.77. The second-order valence-electron chi connectivity index (χ2n) is 13.3. The van der Waals surface area contributed by atoms with Gasteiger partial charge in [0.15, 0.2) is 0 Å². The first-order valence-electron chi connectivity index (χ1n) is 15.4. The molecular formula is C31H56N2O. The maximum atomic E-state index is 12.5. The van der Waals surface area contributed by atoms with Gasteiger partial charge >= 0.3 is 0 Å². The van der Waals surface area contributed by atoms with Crippen LogP contribution in [0, 0.1) is 28.6 Å². The molecule has 196 valence electrons. The van der Waals surface area contributed by atoms with Gasteiger partial charge in [-0.05, 0) is 99.5 Å². The molecule has 4 rings (SSSR count). The van der Waals surface area contributed by atoms with Crippen LogP contribution in [0.15, 0.2) is 0 Å². The molecule has 1 amide bonds. The summed E-state index contributed by atoms with van der Waals surface area (Å²) in [4.78, 5) is 17.6. The average Bonchev–Trinajstić information content (AvgIpc) is 3.18. The Bertz CT molecular complexity index is 678. The number of carbonyl (C=O) groups is 1. The maximum absolute atomic E-state index is 12.5. The highest BCUT2D eigenvalue weighted by Crippen LogP contribution is 2.65. The molecule has 34 heavy (non-hydrogen) atoms. The van der Waals surface area contributed by atoms with Crippen LogP contribution in [0.1, 0.15) is 130 Å². The number of hydrogen-bond acceptors (Lipinski definition) is 2. The molecule has 0 radical (unpaired) electrons. The molecule has 0 aromatic heterocycles. The lowest BCUT2D eigenvalue weighted by Gasteiger charge is -2.62. The fourth-order valence-electron chi connectivity index (χ4n) is 9.63. The minimum atomic E-state index is 0.352. The number of carbonyl (C=O) groups excluding carboxylic acids is 1. The number of fused-ring (bicyclic) bond motifs is 5. The third-order valence-electron chi connectivity index (χ3n) is 11.5. The Kier molecular flexibility index (Phi) is 8.74. The normalized spacial score (nSPS) is 39.8. The molecule has 0 spiro atoms. The summed E-state index contributed by atoms with van der Waals surface area (Å²) >= 11 is 0. The Morgan fingerprint density at radius 3 is 2.18 bits per heavy atom. The molecule has 4 aliphatic rings. The first kappa shape index (κ1) is 26.5. The minimum Gasteiger partial charge on any atom is -0.342 e. The molecule has 4 fully saturated rings. The fraction of sp³-hybridized carbons (Fsp3) is 0.968. The van der Waals surface area contributed by atoms with Crippen molar-refractivity contribution in [2.45, 2.75) is 143 Å². The third-order valence-corrected chi connectivity index (χ3v) is 11.5. The van der Waals surface area contributed by atoms with Gasteiger partial charge < -0.3 is 4.90 Å². The number of unbranched alkanes of at least 4 members (excludes halogenated alkanes) is 6. The average molecular weight is 473 g/mol. The van der Waals surface area contributed by atoms with E-state index in [0.717, 1.165) is 36.6 Å². The molecular weight excluding hydrogens is 416 g/mol. The highest BCUT2D eigenvalue weighted by atomic mass is 16.2. The van der Waals surface area contributed by atoms with Crippen LogP contribution in [0.3, 0.4) is 0 Å². The molecule has 1 heterocycles. The van der Waals surface area contributed by atoms with Crippen molar-refractivity contribution in [3.63, 3.8) is 0 Å². The van der Waals surface area contributed by atoms with Crippen molar-refractivity contribution in [1.82, 2.24) is 9.80 Å². The minimum absolute atomic E-state index is 0.352. The van der Waals surface area contributed by atoms with Crippen molar-refractivity contribution in [2.24, 2.45) is 28.6 Å². The molecule has 7 atom stereocenters. The molecule has 1 saturated heterocycles. The lowest BCUT2D eigenvalue weighted by Crippen LogP contribution is -2.62. The maximum Gasteiger partial charge on any atom is 0.222 e. The Morgan fingerprint density at radius 2 is 1.44 bits per heavy atom. The van der Waals surface area contributed by atoms with Crippen LogP contribution in [-0.2, 0) is 4.79 Å². The summed E-state index contributed by atoms with van der Waals surface area (Å²) in [5.41, 5.74) is 0.863. The molecule has 1 aliphatic heterocycles. The fourth-order valence-corrected chi connectivity index (χ4v) is 9.63. The second kappa shape index (κ2) is 11.2. The molecule has 0 aromatic rings. The third kappa shape index (κ3) is 4.85. The van der Waals surface area contributed by atoms with Crippen molar-refractivity contribution >= 4 is 5.91 Å². The number of piperidine rings is 1. The second-order valence-corrected chi connectivity index (χ2v) is 13.3. The lowest BCUT2D eigenvalue weighted by molar-refractivity contribution is -0.158.